The van der Waals surface area contributed by atoms with E-state index in [1.54, 1.807) is 28.9 Å². The third-order valence-electron chi connectivity index (χ3n) is 3.08. The number of hydrogen-bond acceptors (Lipinski definition) is 4. The number of nitrogens with zero attached hydrogens (tertiary/aromatic N) is 1. The molecule has 2 atom stereocenters. The number of pyridine rings is 1. The number of rotatable bonds is 3. The molecule has 0 bridgehead atoms. The summed E-state index contributed by atoms with van der Waals surface area (Å²) in [7, 11) is 0. The lowest BCUT2D eigenvalue weighted by molar-refractivity contribution is 0.154. The van der Waals surface area contributed by atoms with Gasteiger partial charge in [-0.1, -0.05) is 13.0 Å². The van der Waals surface area contributed by atoms with Gasteiger partial charge in [-0.25, -0.2) is 0 Å². The maximum Gasteiger partial charge on any atom is 0.0963 e. The van der Waals surface area contributed by atoms with E-state index in [1.807, 2.05) is 25.1 Å². The lowest BCUT2D eigenvalue weighted by atomic mass is 9.99. The molecule has 3 aromatic heterocycles. The Morgan fingerprint density at radius 3 is 2.83 bits per heavy atom. The zero-order valence-corrected chi connectivity index (χ0v) is 11.5. The molecule has 0 fully saturated rings. The van der Waals surface area contributed by atoms with Crippen molar-refractivity contribution in [3.8, 4) is 0 Å². The van der Waals surface area contributed by atoms with E-state index < -0.39 is 6.10 Å². The molecule has 3 rings (SSSR count). The van der Waals surface area contributed by atoms with Gasteiger partial charge in [0.15, 0.2) is 0 Å². The Morgan fingerprint density at radius 2 is 2.11 bits per heavy atom. The van der Waals surface area contributed by atoms with Gasteiger partial charge in [0.25, 0.3) is 0 Å². The highest BCUT2D eigenvalue weighted by Crippen LogP contribution is 2.38. The highest BCUT2D eigenvalue weighted by molar-refractivity contribution is 7.26. The molecule has 0 aliphatic carbocycles. The molecule has 1 N–H and O–H groups in total. The number of thiophene rings is 2. The summed E-state index contributed by atoms with van der Waals surface area (Å²) in [4.78, 5) is 5.34. The zero-order valence-electron chi connectivity index (χ0n) is 9.91. The smallest absolute Gasteiger partial charge is 0.0963 e. The summed E-state index contributed by atoms with van der Waals surface area (Å²) in [5.74, 6) is 0.0129. The molecule has 0 aliphatic rings. The van der Waals surface area contributed by atoms with Crippen molar-refractivity contribution in [2.24, 2.45) is 0 Å². The van der Waals surface area contributed by atoms with Gasteiger partial charge in [0, 0.05) is 32.1 Å². The van der Waals surface area contributed by atoms with Gasteiger partial charge >= 0.3 is 0 Å². The van der Waals surface area contributed by atoms with E-state index in [0.717, 1.165) is 10.6 Å². The van der Waals surface area contributed by atoms with E-state index in [9.17, 15) is 5.11 Å². The highest BCUT2D eigenvalue weighted by Gasteiger charge is 2.21. The first-order valence-corrected chi connectivity index (χ1v) is 7.51. The van der Waals surface area contributed by atoms with Crippen LogP contribution in [0.15, 0.2) is 41.9 Å². The molecule has 18 heavy (non-hydrogen) atoms. The molecule has 3 aromatic rings. The maximum atomic E-state index is 10.4. The Hall–Kier alpha value is -1.23. The van der Waals surface area contributed by atoms with Crippen molar-refractivity contribution in [2.45, 2.75) is 18.9 Å². The van der Waals surface area contributed by atoms with E-state index in [0.29, 0.717) is 0 Å². The second-order valence-electron chi connectivity index (χ2n) is 4.29. The molecule has 0 aromatic carbocycles. The normalized spacial score (nSPS) is 14.8. The van der Waals surface area contributed by atoms with Gasteiger partial charge in [-0.15, -0.1) is 22.7 Å². The molecule has 92 valence electrons. The number of aromatic nitrogens is 1. The fourth-order valence-corrected chi connectivity index (χ4v) is 4.19. The van der Waals surface area contributed by atoms with Crippen LogP contribution < -0.4 is 0 Å². The second-order valence-corrected chi connectivity index (χ2v) is 6.35. The fraction of sp³-hybridized carbons (Fsp3) is 0.214. The third-order valence-corrected chi connectivity index (χ3v) is 5.24. The Kier molecular flexibility index (Phi) is 3.16. The first-order valence-electron chi connectivity index (χ1n) is 5.81. The van der Waals surface area contributed by atoms with Gasteiger partial charge in [0.2, 0.25) is 0 Å². The summed E-state index contributed by atoms with van der Waals surface area (Å²) in [5.41, 5.74) is 0.932. The molecule has 0 spiro atoms. The summed E-state index contributed by atoms with van der Waals surface area (Å²) in [6.07, 6.45) is 1.29. The average Bonchev–Trinajstić information content (AvgIpc) is 2.99. The number of aliphatic hydroxyl groups excluding tert-OH is 1. The Bertz CT molecular complexity index is 615. The predicted molar refractivity (Wildman–Crippen MR) is 77.3 cm³/mol. The summed E-state index contributed by atoms with van der Waals surface area (Å²) in [5, 5.41) is 12.5. The molecule has 0 saturated heterocycles. The van der Waals surface area contributed by atoms with Crippen LogP contribution in [0, 0.1) is 0 Å². The van der Waals surface area contributed by atoms with Crippen LogP contribution >= 0.6 is 22.7 Å². The second kappa shape index (κ2) is 4.80. The van der Waals surface area contributed by atoms with Crippen molar-refractivity contribution in [1.29, 1.82) is 0 Å². The van der Waals surface area contributed by atoms with Gasteiger partial charge in [-0.3, -0.25) is 4.98 Å². The first kappa shape index (κ1) is 11.8. The summed E-state index contributed by atoms with van der Waals surface area (Å²) < 4.78 is 2.50. The van der Waals surface area contributed by atoms with Gasteiger partial charge in [-0.05, 0) is 29.6 Å². The average molecular weight is 275 g/mol. The van der Waals surface area contributed by atoms with Crippen molar-refractivity contribution in [3.05, 3.63) is 52.5 Å². The summed E-state index contributed by atoms with van der Waals surface area (Å²) in [6.45, 7) is 2.01. The predicted octanol–water partition coefficient (Wildman–Crippen LogP) is 4.19. The van der Waals surface area contributed by atoms with Gasteiger partial charge < -0.3 is 5.11 Å². The minimum atomic E-state index is -0.482. The van der Waals surface area contributed by atoms with Gasteiger partial charge in [-0.2, -0.15) is 0 Å². The molecule has 2 nitrogen and oxygen atoms in total. The largest absolute Gasteiger partial charge is 0.387 e. The lowest BCUT2D eigenvalue weighted by Crippen LogP contribution is -2.07. The van der Waals surface area contributed by atoms with Crippen molar-refractivity contribution in [1.82, 2.24) is 4.98 Å². The van der Waals surface area contributed by atoms with E-state index in [-0.39, 0.29) is 5.92 Å². The molecule has 3 heterocycles. The Balaban J connectivity index is 1.90. The van der Waals surface area contributed by atoms with Crippen molar-refractivity contribution >= 4 is 32.1 Å². The van der Waals surface area contributed by atoms with Crippen LogP contribution in [0.4, 0.5) is 0 Å². The van der Waals surface area contributed by atoms with Crippen molar-refractivity contribution < 1.29 is 5.11 Å². The summed E-state index contributed by atoms with van der Waals surface area (Å²) >= 11 is 3.38. The van der Waals surface area contributed by atoms with Crippen LogP contribution in [0.25, 0.3) is 9.40 Å². The number of fused-ring (bicyclic) bond motifs is 1. The maximum absolute atomic E-state index is 10.4. The van der Waals surface area contributed by atoms with Gasteiger partial charge in [0.1, 0.15) is 0 Å². The van der Waals surface area contributed by atoms with Gasteiger partial charge in [0.05, 0.1) is 6.10 Å². The van der Waals surface area contributed by atoms with Crippen molar-refractivity contribution in [3.63, 3.8) is 0 Å². The topological polar surface area (TPSA) is 33.1 Å². The monoisotopic (exact) mass is 275 g/mol. The lowest BCUT2D eigenvalue weighted by Gasteiger charge is -2.16. The Labute approximate surface area is 114 Å². The van der Waals surface area contributed by atoms with E-state index in [1.165, 1.54) is 9.40 Å². The van der Waals surface area contributed by atoms with Crippen LogP contribution in [0.5, 0.6) is 0 Å². The van der Waals surface area contributed by atoms with E-state index in [2.05, 4.69) is 22.5 Å². The van der Waals surface area contributed by atoms with Crippen LogP contribution in [-0.4, -0.2) is 10.1 Å². The quantitative estimate of drug-likeness (QED) is 0.777. The fourth-order valence-electron chi connectivity index (χ4n) is 1.98. The molecular weight excluding hydrogens is 262 g/mol. The highest BCUT2D eigenvalue weighted by atomic mass is 32.1. The third kappa shape index (κ3) is 2.07. The minimum absolute atomic E-state index is 0.0129. The molecule has 0 aliphatic heterocycles. The minimum Gasteiger partial charge on any atom is -0.387 e. The standard InChI is InChI=1S/C14H13NOS2/c1-9(10-4-2-3-6-15-10)14(16)13-8-12-11(18-13)5-7-17-12/h2-9,14,16H,1H3. The molecular formula is C14H13NOS2. The SMILES string of the molecule is CC(c1ccccn1)C(O)c1cc2sccc2s1. The van der Waals surface area contributed by atoms with Crippen LogP contribution in [0.2, 0.25) is 0 Å². The molecule has 4 heteroatoms. The molecule has 2 unspecified atom stereocenters. The number of hydrogen-bond donors (Lipinski definition) is 1. The number of aliphatic hydroxyl groups is 1. The Morgan fingerprint density at radius 1 is 1.22 bits per heavy atom. The van der Waals surface area contributed by atoms with Crippen LogP contribution in [-0.2, 0) is 0 Å². The first-order chi connectivity index (χ1) is 8.75. The van der Waals surface area contributed by atoms with E-state index in [4.69, 9.17) is 0 Å². The molecule has 0 amide bonds. The summed E-state index contributed by atoms with van der Waals surface area (Å²) in [6, 6.07) is 10.0. The molecule has 0 radical (unpaired) electrons. The zero-order chi connectivity index (χ0) is 12.5. The van der Waals surface area contributed by atoms with Crippen LogP contribution in [0.3, 0.4) is 0 Å². The van der Waals surface area contributed by atoms with Crippen LogP contribution in [0.1, 0.15) is 29.5 Å². The molecule has 0 saturated carbocycles. The van der Waals surface area contributed by atoms with E-state index >= 15 is 0 Å². The van der Waals surface area contributed by atoms with Crippen molar-refractivity contribution in [2.75, 3.05) is 0 Å².